The first-order chi connectivity index (χ1) is 15.2. The molecule has 3 rings (SSSR count). The first kappa shape index (κ1) is 25.3. The molecule has 176 valence electrons. The minimum absolute atomic E-state index is 0.0165. The molecule has 0 atom stereocenters. The summed E-state index contributed by atoms with van der Waals surface area (Å²) < 4.78 is 36.7. The summed E-state index contributed by atoms with van der Waals surface area (Å²) in [4.78, 5) is 27.5. The number of benzene rings is 1. The van der Waals surface area contributed by atoms with Gasteiger partial charge in [-0.05, 0) is 37.4 Å². The molecule has 1 fully saturated rings. The van der Waals surface area contributed by atoms with E-state index in [9.17, 15) is 18.0 Å². The number of hydrogen-bond donors (Lipinski definition) is 3. The van der Waals surface area contributed by atoms with Gasteiger partial charge in [0.2, 0.25) is 5.91 Å². The van der Waals surface area contributed by atoms with E-state index < -0.39 is 12.1 Å². The van der Waals surface area contributed by atoms with E-state index in [2.05, 4.69) is 55.7 Å². The van der Waals surface area contributed by atoms with Crippen LogP contribution in [0.15, 0.2) is 30.3 Å². The second-order valence-electron chi connectivity index (χ2n) is 7.17. The van der Waals surface area contributed by atoms with Crippen LogP contribution in [0.1, 0.15) is 36.0 Å². The van der Waals surface area contributed by atoms with Crippen molar-refractivity contribution in [3.05, 3.63) is 47.5 Å². The number of ether oxygens (including phenoxy) is 1. The Morgan fingerprint density at radius 2 is 1.88 bits per heavy atom. The van der Waals surface area contributed by atoms with Gasteiger partial charge in [0.15, 0.2) is 5.82 Å². The van der Waals surface area contributed by atoms with Gasteiger partial charge in [-0.3, -0.25) is 14.8 Å². The smallest absolute Gasteiger partial charge is 0.475 e. The molecule has 2 aromatic rings. The molecular formula is C20H26F3N5O4. The van der Waals surface area contributed by atoms with Crippen molar-refractivity contribution in [2.45, 2.75) is 38.1 Å². The quantitative estimate of drug-likeness (QED) is 0.582. The fourth-order valence-electron chi connectivity index (χ4n) is 3.20. The van der Waals surface area contributed by atoms with Gasteiger partial charge < -0.3 is 15.2 Å². The monoisotopic (exact) mass is 457 g/mol. The number of carbonyl (C=O) groups excluding carboxylic acids is 1. The number of aromatic amines is 1. The highest BCUT2D eigenvalue weighted by atomic mass is 19.4. The zero-order valence-corrected chi connectivity index (χ0v) is 17.6. The summed E-state index contributed by atoms with van der Waals surface area (Å²) in [7, 11) is 1.60. The second-order valence-corrected chi connectivity index (χ2v) is 7.17. The summed E-state index contributed by atoms with van der Waals surface area (Å²) in [6.07, 6.45) is -2.89. The lowest BCUT2D eigenvalue weighted by molar-refractivity contribution is -0.192. The van der Waals surface area contributed by atoms with Crippen LogP contribution in [0.4, 0.5) is 13.2 Å². The number of aromatic nitrogens is 3. The fraction of sp³-hybridized carbons (Fsp3) is 0.500. The molecule has 0 aliphatic carbocycles. The van der Waals surface area contributed by atoms with Gasteiger partial charge in [0, 0.05) is 7.11 Å². The number of amides is 1. The van der Waals surface area contributed by atoms with Gasteiger partial charge in [0.25, 0.3) is 0 Å². The maximum absolute atomic E-state index is 12.1. The van der Waals surface area contributed by atoms with Crippen LogP contribution in [0.3, 0.4) is 0 Å². The Hall–Kier alpha value is -2.99. The van der Waals surface area contributed by atoms with Crippen LogP contribution < -0.4 is 5.32 Å². The van der Waals surface area contributed by atoms with E-state index >= 15 is 0 Å². The summed E-state index contributed by atoms with van der Waals surface area (Å²) in [6, 6.07) is 10.6. The highest BCUT2D eigenvalue weighted by Crippen LogP contribution is 2.27. The third-order valence-electron chi connectivity index (χ3n) is 4.77. The number of carboxylic acid groups (broad SMARTS) is 1. The number of carboxylic acids is 1. The van der Waals surface area contributed by atoms with Crippen molar-refractivity contribution < 1.29 is 32.6 Å². The van der Waals surface area contributed by atoms with Gasteiger partial charge in [-0.15, -0.1) is 0 Å². The molecule has 9 nitrogen and oxygen atoms in total. The Morgan fingerprint density at radius 3 is 2.44 bits per heavy atom. The van der Waals surface area contributed by atoms with Crippen LogP contribution in [0.5, 0.6) is 0 Å². The summed E-state index contributed by atoms with van der Waals surface area (Å²) >= 11 is 0. The molecular weight excluding hydrogens is 431 g/mol. The number of likely N-dealkylation sites (tertiary alicyclic amines) is 1. The summed E-state index contributed by atoms with van der Waals surface area (Å²) in [5.41, 5.74) is 1.41. The van der Waals surface area contributed by atoms with Crippen molar-refractivity contribution >= 4 is 11.9 Å². The molecule has 0 saturated carbocycles. The molecule has 0 unspecified atom stereocenters. The van der Waals surface area contributed by atoms with E-state index in [1.165, 1.54) is 5.56 Å². The molecule has 1 saturated heterocycles. The molecule has 1 aliphatic heterocycles. The molecule has 3 N–H and O–H groups in total. The Bertz CT molecular complexity index is 852. The SMILES string of the molecule is COCc1n[nH]c(CNC(=O)CN2CCC(c3ccccc3)CC2)n1.O=C(O)C(F)(F)F. The van der Waals surface area contributed by atoms with Gasteiger partial charge in [-0.1, -0.05) is 30.3 Å². The molecule has 1 aliphatic rings. The van der Waals surface area contributed by atoms with E-state index in [1.54, 1.807) is 7.11 Å². The Balaban J connectivity index is 0.000000451. The number of aliphatic carboxylic acids is 1. The number of hydrogen-bond acceptors (Lipinski definition) is 6. The number of methoxy groups -OCH3 is 1. The summed E-state index contributed by atoms with van der Waals surface area (Å²) in [5, 5.41) is 16.8. The zero-order valence-electron chi connectivity index (χ0n) is 17.6. The predicted molar refractivity (Wildman–Crippen MR) is 107 cm³/mol. The molecule has 0 spiro atoms. The topological polar surface area (TPSA) is 120 Å². The molecule has 12 heteroatoms. The van der Waals surface area contributed by atoms with E-state index in [1.807, 2.05) is 0 Å². The maximum atomic E-state index is 12.1. The van der Waals surface area contributed by atoms with Crippen LogP contribution in [-0.2, 0) is 27.5 Å². The minimum Gasteiger partial charge on any atom is -0.475 e. The largest absolute Gasteiger partial charge is 0.490 e. The van der Waals surface area contributed by atoms with Gasteiger partial charge >= 0.3 is 12.1 Å². The average Bonchev–Trinajstić information content (AvgIpc) is 3.21. The molecule has 2 heterocycles. The van der Waals surface area contributed by atoms with Gasteiger partial charge in [-0.25, -0.2) is 9.78 Å². The van der Waals surface area contributed by atoms with E-state index in [0.717, 1.165) is 25.9 Å². The van der Waals surface area contributed by atoms with E-state index in [4.69, 9.17) is 14.6 Å². The lowest BCUT2D eigenvalue weighted by Crippen LogP contribution is -2.41. The zero-order chi connectivity index (χ0) is 23.6. The number of halogens is 3. The number of nitrogens with zero attached hydrogens (tertiary/aromatic N) is 3. The average molecular weight is 457 g/mol. The van der Waals surface area contributed by atoms with Gasteiger partial charge in [0.05, 0.1) is 13.1 Å². The highest BCUT2D eigenvalue weighted by molar-refractivity contribution is 5.77. The van der Waals surface area contributed by atoms with E-state index in [0.29, 0.717) is 37.3 Å². The van der Waals surface area contributed by atoms with Crippen LogP contribution in [0, 0.1) is 0 Å². The number of carbonyl (C=O) groups is 2. The maximum Gasteiger partial charge on any atom is 0.490 e. The third kappa shape index (κ3) is 8.63. The minimum atomic E-state index is -5.08. The lowest BCUT2D eigenvalue weighted by Gasteiger charge is -2.31. The van der Waals surface area contributed by atoms with Crippen LogP contribution in [-0.4, -0.2) is 70.0 Å². The van der Waals surface area contributed by atoms with Gasteiger partial charge in [-0.2, -0.15) is 18.3 Å². The lowest BCUT2D eigenvalue weighted by atomic mass is 9.89. The molecule has 32 heavy (non-hydrogen) atoms. The number of piperidine rings is 1. The fourth-order valence-corrected chi connectivity index (χ4v) is 3.20. The Kier molecular flexibility index (Phi) is 9.60. The third-order valence-corrected chi connectivity index (χ3v) is 4.77. The number of nitrogens with one attached hydrogen (secondary N) is 2. The second kappa shape index (κ2) is 12.2. The van der Waals surface area contributed by atoms with Crippen molar-refractivity contribution in [1.82, 2.24) is 25.4 Å². The highest BCUT2D eigenvalue weighted by Gasteiger charge is 2.38. The van der Waals surface area contributed by atoms with Crippen molar-refractivity contribution in [1.29, 1.82) is 0 Å². The van der Waals surface area contributed by atoms with Crippen LogP contribution in [0.2, 0.25) is 0 Å². The van der Waals surface area contributed by atoms with Crippen molar-refractivity contribution in [2.75, 3.05) is 26.7 Å². The first-order valence-corrected chi connectivity index (χ1v) is 9.92. The molecule has 0 radical (unpaired) electrons. The van der Waals surface area contributed by atoms with Crippen molar-refractivity contribution in [2.24, 2.45) is 0 Å². The number of rotatable bonds is 7. The first-order valence-electron chi connectivity index (χ1n) is 9.92. The molecule has 1 aromatic carbocycles. The summed E-state index contributed by atoms with van der Waals surface area (Å²) in [6.45, 7) is 3.05. The van der Waals surface area contributed by atoms with Crippen LogP contribution in [0.25, 0.3) is 0 Å². The Morgan fingerprint density at radius 1 is 1.25 bits per heavy atom. The standard InChI is InChI=1S/C18H25N5O2.C2HF3O2/c1-25-13-17-20-16(21-22-17)11-19-18(24)12-23-9-7-15(8-10-23)14-5-3-2-4-6-14;3-2(4,5)1(6)7/h2-6,15H,7-13H2,1H3,(H,19,24)(H,20,21,22);(H,6,7). The predicted octanol–water partition coefficient (Wildman–Crippen LogP) is 2.08. The normalized spacial score (nSPS) is 15.0. The number of alkyl halides is 3. The van der Waals surface area contributed by atoms with E-state index in [-0.39, 0.29) is 5.91 Å². The molecule has 1 aromatic heterocycles. The Labute approximate surface area is 183 Å². The van der Waals surface area contributed by atoms with Crippen LogP contribution >= 0.6 is 0 Å². The van der Waals surface area contributed by atoms with Gasteiger partial charge in [0.1, 0.15) is 12.4 Å². The summed E-state index contributed by atoms with van der Waals surface area (Å²) in [5.74, 6) is -0.901. The van der Waals surface area contributed by atoms with Crippen molar-refractivity contribution in [3.63, 3.8) is 0 Å². The van der Waals surface area contributed by atoms with Crippen molar-refractivity contribution in [3.8, 4) is 0 Å². The molecule has 1 amide bonds. The number of H-pyrrole nitrogens is 1. The molecule has 0 bridgehead atoms.